The van der Waals surface area contributed by atoms with Crippen molar-refractivity contribution in [3.8, 4) is 22.3 Å². The van der Waals surface area contributed by atoms with Crippen molar-refractivity contribution in [2.24, 2.45) is 11.8 Å². The van der Waals surface area contributed by atoms with Gasteiger partial charge in [0.25, 0.3) is 11.1 Å². The molecule has 2 aromatic heterocycles. The molecule has 0 saturated carbocycles. The number of carbonyl (C=O) groups excluding carboxylic acids is 4. The van der Waals surface area contributed by atoms with E-state index in [1.165, 1.54) is 33.4 Å². The predicted molar refractivity (Wildman–Crippen MR) is 353 cm³/mol. The fourth-order valence-corrected chi connectivity index (χ4v) is 12.8. The smallest absolute Gasteiger partial charge is 0.870 e. The van der Waals surface area contributed by atoms with Gasteiger partial charge in [0.05, 0.1) is 38.1 Å². The molecular formula is C74H93F6LiN4O10. The number of aromatic nitrogens is 2. The van der Waals surface area contributed by atoms with E-state index in [0.29, 0.717) is 76.1 Å². The van der Waals surface area contributed by atoms with Gasteiger partial charge in [-0.1, -0.05) is 64.1 Å². The van der Waals surface area contributed by atoms with Crippen LogP contribution in [-0.2, 0) is 41.5 Å². The van der Waals surface area contributed by atoms with E-state index in [9.17, 15) is 37.5 Å². The molecule has 4 aromatic carbocycles. The van der Waals surface area contributed by atoms with Gasteiger partial charge in [-0.2, -0.15) is 0 Å². The number of ketones is 2. The molecule has 2 saturated heterocycles. The summed E-state index contributed by atoms with van der Waals surface area (Å²) in [6, 6.07) is 17.9. The zero-order valence-electron chi connectivity index (χ0n) is 57.3. The summed E-state index contributed by atoms with van der Waals surface area (Å²) in [6.07, 6.45) is 2.36. The van der Waals surface area contributed by atoms with Gasteiger partial charge in [0.15, 0.2) is 34.8 Å². The van der Waals surface area contributed by atoms with Crippen molar-refractivity contribution in [3.63, 3.8) is 0 Å². The van der Waals surface area contributed by atoms with E-state index in [4.69, 9.17) is 9.47 Å². The van der Waals surface area contributed by atoms with Crippen LogP contribution in [0.15, 0.2) is 94.8 Å². The Morgan fingerprint density at radius 1 is 0.516 bits per heavy atom. The number of halogens is 6. The van der Waals surface area contributed by atoms with Crippen molar-refractivity contribution >= 4 is 23.5 Å². The normalized spacial score (nSPS) is 14.6. The molecule has 0 aliphatic carbocycles. The monoisotopic (exact) mass is 1320 g/mol. The molecule has 0 bridgehead atoms. The summed E-state index contributed by atoms with van der Waals surface area (Å²) >= 11 is 0. The number of esters is 2. The first-order valence-corrected chi connectivity index (χ1v) is 32.2. The number of carbonyl (C=O) groups is 4. The van der Waals surface area contributed by atoms with E-state index in [1.807, 2.05) is 115 Å². The number of benzene rings is 4. The SMILES string of the molecule is CCOC(=O)CC(CC(=O)C(CC(C)C)n1cc(CCN2CC(F)C2)c(C)cc1=O)c1cc(-c2c(C)cccc2C)cc(F)c1F.CCOC(=O)CC(CC(=O)C(CC(C)C)n1cc(CCN2CC(F)C2)c(C)cc1=O)c1cc(-c2c(C)cccc2C)cc(F)c1F.O.[Li+].[OH-]. The van der Waals surface area contributed by atoms with Gasteiger partial charge in [0.2, 0.25) is 0 Å². The van der Waals surface area contributed by atoms with Crippen molar-refractivity contribution in [2.45, 2.75) is 171 Å². The predicted octanol–water partition coefficient (Wildman–Crippen LogP) is 10.4. The molecule has 2 fully saturated rings. The average Bonchev–Trinajstić information content (AvgIpc) is 0.801. The van der Waals surface area contributed by atoms with Gasteiger partial charge in [-0.25, -0.2) is 26.3 Å². The Balaban J connectivity index is 0.000000392. The Hall–Kier alpha value is -6.92. The number of nitrogens with zero attached hydrogens (tertiary/aromatic N) is 4. The number of Topliss-reactive ketones (excluding diaryl/α,β-unsaturated/α-hetero) is 2. The number of hydrogen-bond acceptors (Lipinski definition) is 11. The molecule has 4 atom stereocenters. The number of hydrogen-bond donors (Lipinski definition) is 0. The molecule has 2 aliphatic rings. The van der Waals surface area contributed by atoms with Crippen LogP contribution in [0.5, 0.6) is 0 Å². The Morgan fingerprint density at radius 2 is 0.842 bits per heavy atom. The molecule has 8 rings (SSSR count). The maximum atomic E-state index is 15.6. The quantitative estimate of drug-likeness (QED) is 0.0257. The molecule has 21 heteroatoms. The third-order valence-corrected chi connectivity index (χ3v) is 17.7. The number of rotatable bonds is 28. The molecule has 0 spiro atoms. The molecule has 4 heterocycles. The van der Waals surface area contributed by atoms with Crippen LogP contribution in [-0.4, -0.2) is 118 Å². The van der Waals surface area contributed by atoms with Crippen LogP contribution in [0.25, 0.3) is 22.3 Å². The van der Waals surface area contributed by atoms with Crippen LogP contribution >= 0.6 is 0 Å². The summed E-state index contributed by atoms with van der Waals surface area (Å²) in [6.45, 7) is 25.3. The van der Waals surface area contributed by atoms with Gasteiger partial charge in [0, 0.05) is 88.5 Å². The van der Waals surface area contributed by atoms with Crippen LogP contribution in [0.3, 0.4) is 0 Å². The Kier molecular flexibility index (Phi) is 30.9. The zero-order chi connectivity index (χ0) is 67.4. The van der Waals surface area contributed by atoms with Crippen LogP contribution in [0.1, 0.15) is 160 Å². The first kappa shape index (κ1) is 80.5. The first-order chi connectivity index (χ1) is 43.6. The minimum Gasteiger partial charge on any atom is -0.870 e. The van der Waals surface area contributed by atoms with Crippen molar-refractivity contribution in [3.05, 3.63) is 185 Å². The second-order valence-electron chi connectivity index (χ2n) is 26.0. The second kappa shape index (κ2) is 36.4. The summed E-state index contributed by atoms with van der Waals surface area (Å²) in [5, 5.41) is 0. The summed E-state index contributed by atoms with van der Waals surface area (Å²) in [7, 11) is 0. The zero-order valence-corrected chi connectivity index (χ0v) is 57.3. The van der Waals surface area contributed by atoms with Gasteiger partial charge in [0.1, 0.15) is 12.3 Å². The van der Waals surface area contributed by atoms with Gasteiger partial charge < -0.3 is 29.6 Å². The molecule has 0 radical (unpaired) electrons. The molecule has 3 N–H and O–H groups in total. The summed E-state index contributed by atoms with van der Waals surface area (Å²) in [5.41, 5.74) is 8.37. The number of alkyl halides is 2. The van der Waals surface area contributed by atoms with E-state index in [-0.39, 0.29) is 114 Å². The van der Waals surface area contributed by atoms with Gasteiger partial charge in [-0.15, -0.1) is 0 Å². The summed E-state index contributed by atoms with van der Waals surface area (Å²) in [4.78, 5) is 84.5. The van der Waals surface area contributed by atoms with Crippen LogP contribution in [0, 0.1) is 76.6 Å². The van der Waals surface area contributed by atoms with Crippen molar-refractivity contribution in [1.29, 1.82) is 0 Å². The minimum atomic E-state index is -1.12. The van der Waals surface area contributed by atoms with Crippen LogP contribution in [0.4, 0.5) is 26.3 Å². The van der Waals surface area contributed by atoms with Crippen LogP contribution < -0.4 is 30.0 Å². The Morgan fingerprint density at radius 3 is 1.14 bits per heavy atom. The number of pyridine rings is 2. The Bertz CT molecular complexity index is 3470. The molecule has 6 aromatic rings. The van der Waals surface area contributed by atoms with Crippen molar-refractivity contribution < 1.29 is 84.8 Å². The van der Waals surface area contributed by atoms with Crippen LogP contribution in [0.2, 0.25) is 0 Å². The van der Waals surface area contributed by atoms with E-state index >= 15 is 17.6 Å². The average molecular weight is 1320 g/mol. The molecular weight excluding hydrogens is 1230 g/mol. The number of likely N-dealkylation sites (tertiary alicyclic amines) is 2. The van der Waals surface area contributed by atoms with E-state index in [0.717, 1.165) is 67.8 Å². The maximum Gasteiger partial charge on any atom is 1.00 e. The molecule has 4 unspecified atom stereocenters. The third kappa shape index (κ3) is 21.0. The van der Waals surface area contributed by atoms with Gasteiger partial charge in [-0.05, 0) is 195 Å². The maximum absolute atomic E-state index is 15.6. The fraction of sp³-hybridized carbons (Fsp3) is 0.486. The number of aryl methyl sites for hydroxylation is 6. The van der Waals surface area contributed by atoms with E-state index < -0.39 is 71.5 Å². The molecule has 2 aliphatic heterocycles. The van der Waals surface area contributed by atoms with Gasteiger partial charge in [-0.3, -0.25) is 38.6 Å². The first-order valence-electron chi connectivity index (χ1n) is 32.2. The molecule has 14 nitrogen and oxygen atoms in total. The third-order valence-electron chi connectivity index (χ3n) is 17.7. The minimum absolute atomic E-state index is 0. The van der Waals surface area contributed by atoms with Crippen molar-refractivity contribution in [1.82, 2.24) is 18.9 Å². The number of ether oxygens (including phenoxy) is 2. The molecule has 0 amide bonds. The molecule has 512 valence electrons. The van der Waals surface area contributed by atoms with E-state index in [2.05, 4.69) is 0 Å². The summed E-state index contributed by atoms with van der Waals surface area (Å²) < 4.78 is 102. The second-order valence-corrected chi connectivity index (χ2v) is 26.0. The topological polar surface area (TPSA) is 199 Å². The Labute approximate surface area is 566 Å². The summed E-state index contributed by atoms with van der Waals surface area (Å²) in [5.74, 6) is -8.36. The standard InChI is InChI=1S/2C37H45F3N2O4.Li.2H2O/c2*1-7-46-35(45)18-27(30-15-28(16-31(39)37(30)40)36-23(4)9-8-10-24(36)5)17-33(43)32(13-22(2)3)42-19-26(25(6)14-34(42)44)11-12-41-20-29(38)21-41;;;/h2*8-10,14-16,19,22,27,29,32H,7,11-13,17-18,20-21H2,1-6H3;;2*1H2/q;;+1;;/p-1. The fourth-order valence-electron chi connectivity index (χ4n) is 12.8. The van der Waals surface area contributed by atoms with E-state index in [1.54, 1.807) is 26.2 Å². The van der Waals surface area contributed by atoms with Crippen molar-refractivity contribution in [2.75, 3.05) is 52.5 Å². The largest absolute Gasteiger partial charge is 1.00 e. The molecule has 95 heavy (non-hydrogen) atoms. The van der Waals surface area contributed by atoms with Gasteiger partial charge >= 0.3 is 30.8 Å².